The van der Waals surface area contributed by atoms with Gasteiger partial charge in [-0.15, -0.1) is 0 Å². The van der Waals surface area contributed by atoms with Crippen LogP contribution in [0, 0.1) is 0 Å². The first kappa shape index (κ1) is 18.1. The lowest BCUT2D eigenvalue weighted by Crippen LogP contribution is -2.60. The van der Waals surface area contributed by atoms with E-state index in [1.54, 1.807) is 20.8 Å². The van der Waals surface area contributed by atoms with Gasteiger partial charge in [-0.05, 0) is 20.8 Å². The van der Waals surface area contributed by atoms with Crippen molar-refractivity contribution in [2.24, 2.45) is 5.73 Å². The van der Waals surface area contributed by atoms with Crippen molar-refractivity contribution in [3.63, 3.8) is 0 Å². The van der Waals surface area contributed by atoms with E-state index in [-0.39, 0.29) is 26.2 Å². The van der Waals surface area contributed by atoms with Crippen molar-refractivity contribution in [2.45, 2.75) is 38.2 Å². The number of hydrogen-bond donors (Lipinski definition) is 1. The molecule has 0 aromatic rings. The summed E-state index contributed by atoms with van der Waals surface area (Å²) in [4.78, 5) is 13.2. The van der Waals surface area contributed by atoms with Crippen molar-refractivity contribution in [1.29, 1.82) is 0 Å². The van der Waals surface area contributed by atoms with Gasteiger partial charge in [0.25, 0.3) is 10.0 Å². The minimum Gasteiger partial charge on any atom is -0.444 e. The van der Waals surface area contributed by atoms with E-state index in [4.69, 9.17) is 10.5 Å². The molecule has 1 aliphatic rings. The van der Waals surface area contributed by atoms with Crippen molar-refractivity contribution in [2.75, 3.05) is 26.2 Å². The molecule has 0 spiro atoms. The zero-order chi connectivity index (χ0) is 16.4. The zero-order valence-electron chi connectivity index (χ0n) is 12.3. The van der Waals surface area contributed by atoms with Crippen LogP contribution >= 0.6 is 0 Å². The Balaban J connectivity index is 2.81. The molecule has 2 N–H and O–H groups in total. The second-order valence-corrected chi connectivity index (χ2v) is 7.59. The van der Waals surface area contributed by atoms with Gasteiger partial charge >= 0.3 is 11.9 Å². The van der Waals surface area contributed by atoms with E-state index in [2.05, 4.69) is 0 Å². The molecule has 1 unspecified atom stereocenters. The van der Waals surface area contributed by atoms with Crippen LogP contribution in [-0.4, -0.2) is 67.3 Å². The third kappa shape index (κ3) is 4.48. The van der Waals surface area contributed by atoms with Crippen LogP contribution in [0.15, 0.2) is 0 Å². The molecule has 21 heavy (non-hydrogen) atoms. The van der Waals surface area contributed by atoms with Gasteiger partial charge < -0.3 is 15.4 Å². The number of nitrogens with zero attached hydrogens (tertiary/aromatic N) is 2. The van der Waals surface area contributed by atoms with Gasteiger partial charge in [0.05, 0.1) is 6.04 Å². The monoisotopic (exact) mass is 329 g/mol. The normalized spacial score (nSPS) is 21.7. The molecule has 0 radical (unpaired) electrons. The van der Waals surface area contributed by atoms with Gasteiger partial charge in [0.1, 0.15) is 5.60 Å². The molecule has 7 nitrogen and oxygen atoms in total. The molecule has 0 aromatic carbocycles. The second kappa shape index (κ2) is 6.41. The van der Waals surface area contributed by atoms with E-state index in [9.17, 15) is 22.0 Å². The Morgan fingerprint density at radius 3 is 2.38 bits per heavy atom. The minimum absolute atomic E-state index is 0.0165. The Hall–Kier alpha value is -1.00. The predicted molar refractivity (Wildman–Crippen MR) is 72.3 cm³/mol. The van der Waals surface area contributed by atoms with Crippen LogP contribution in [0.1, 0.15) is 20.8 Å². The quantitative estimate of drug-likeness (QED) is 0.810. The van der Waals surface area contributed by atoms with Crippen LogP contribution in [0.3, 0.4) is 0 Å². The highest BCUT2D eigenvalue weighted by Crippen LogP contribution is 2.20. The number of carbonyl (C=O) groups is 1. The van der Waals surface area contributed by atoms with Crippen LogP contribution in [0.25, 0.3) is 0 Å². The molecule has 1 amide bonds. The Kier molecular flexibility index (Phi) is 5.51. The lowest BCUT2D eigenvalue weighted by molar-refractivity contribution is 0.0133. The molecule has 0 saturated carbocycles. The molecule has 1 heterocycles. The lowest BCUT2D eigenvalue weighted by atomic mass is 10.2. The van der Waals surface area contributed by atoms with E-state index in [1.165, 1.54) is 4.90 Å². The average molecular weight is 329 g/mol. The van der Waals surface area contributed by atoms with Crippen LogP contribution in [0.5, 0.6) is 0 Å². The first-order valence-corrected chi connectivity index (χ1v) is 7.96. The number of amides is 1. The summed E-state index contributed by atoms with van der Waals surface area (Å²) in [5, 5.41) is 0. The summed E-state index contributed by atoms with van der Waals surface area (Å²) in [7, 11) is -4.70. The van der Waals surface area contributed by atoms with Gasteiger partial charge in [-0.2, -0.15) is 13.1 Å². The summed E-state index contributed by atoms with van der Waals surface area (Å²) in [6, 6.07) is -0.884. The number of alkyl halides is 2. The number of piperazine rings is 1. The molecule has 1 rings (SSSR count). The maximum atomic E-state index is 12.6. The van der Waals surface area contributed by atoms with Gasteiger partial charge in [0.2, 0.25) is 0 Å². The molecule has 0 aromatic heterocycles. The van der Waals surface area contributed by atoms with Gasteiger partial charge in [-0.3, -0.25) is 0 Å². The highest BCUT2D eigenvalue weighted by Gasteiger charge is 2.41. The van der Waals surface area contributed by atoms with Gasteiger partial charge in [-0.1, -0.05) is 0 Å². The summed E-state index contributed by atoms with van der Waals surface area (Å²) >= 11 is 0. The summed E-state index contributed by atoms with van der Waals surface area (Å²) in [5.74, 6) is -3.50. The smallest absolute Gasteiger partial charge is 0.410 e. The van der Waals surface area contributed by atoms with Gasteiger partial charge in [-0.25, -0.2) is 13.2 Å². The lowest BCUT2D eigenvalue weighted by Gasteiger charge is -2.40. The standard InChI is InChI=1S/C11H21F2N3O4S/c1-11(2,3)20-10(17)15-4-5-16(8(6-14)7-15)21(18,19)9(12)13/h8-9H,4-7,14H2,1-3H3. The molecule has 1 fully saturated rings. The third-order valence-corrected chi connectivity index (χ3v) is 4.49. The molecule has 0 bridgehead atoms. The van der Waals surface area contributed by atoms with E-state index in [1.807, 2.05) is 0 Å². The van der Waals surface area contributed by atoms with Crippen LogP contribution in [0.2, 0.25) is 0 Å². The Morgan fingerprint density at radius 1 is 1.38 bits per heavy atom. The number of halogens is 2. The Morgan fingerprint density at radius 2 is 1.95 bits per heavy atom. The average Bonchev–Trinajstić information content (AvgIpc) is 2.35. The first-order valence-electron chi connectivity index (χ1n) is 6.46. The predicted octanol–water partition coefficient (Wildman–Crippen LogP) is 0.419. The highest BCUT2D eigenvalue weighted by atomic mass is 32.2. The van der Waals surface area contributed by atoms with Crippen molar-refractivity contribution >= 4 is 16.1 Å². The molecule has 1 saturated heterocycles. The zero-order valence-corrected chi connectivity index (χ0v) is 13.1. The molecule has 124 valence electrons. The topological polar surface area (TPSA) is 92.9 Å². The fourth-order valence-electron chi connectivity index (χ4n) is 1.96. The van der Waals surface area contributed by atoms with E-state index < -0.39 is 33.5 Å². The van der Waals surface area contributed by atoms with E-state index in [0.717, 1.165) is 0 Å². The maximum Gasteiger partial charge on any atom is 0.410 e. The molecule has 0 aliphatic carbocycles. The Labute approximate surface area is 123 Å². The summed E-state index contributed by atoms with van der Waals surface area (Å²) < 4.78 is 54.1. The minimum atomic E-state index is -4.70. The summed E-state index contributed by atoms with van der Waals surface area (Å²) in [5.41, 5.74) is 4.76. The van der Waals surface area contributed by atoms with Gasteiger partial charge in [0, 0.05) is 26.2 Å². The van der Waals surface area contributed by atoms with Crippen LogP contribution < -0.4 is 5.73 Å². The van der Waals surface area contributed by atoms with Crippen LogP contribution in [-0.2, 0) is 14.8 Å². The third-order valence-electron chi connectivity index (χ3n) is 2.90. The number of carbonyl (C=O) groups excluding carboxylic acids is 1. The number of rotatable bonds is 3. The largest absolute Gasteiger partial charge is 0.444 e. The Bertz CT molecular complexity index is 478. The van der Waals surface area contributed by atoms with Crippen molar-refractivity contribution in [1.82, 2.24) is 9.21 Å². The number of ether oxygens (including phenoxy) is 1. The van der Waals surface area contributed by atoms with Crippen molar-refractivity contribution in [3.8, 4) is 0 Å². The fourth-order valence-corrected chi connectivity index (χ4v) is 3.07. The number of sulfonamides is 1. The molecular formula is C11H21F2N3O4S. The number of nitrogens with two attached hydrogens (primary N) is 1. The molecule has 1 aliphatic heterocycles. The van der Waals surface area contributed by atoms with E-state index >= 15 is 0 Å². The highest BCUT2D eigenvalue weighted by molar-refractivity contribution is 7.89. The second-order valence-electron chi connectivity index (χ2n) is 5.73. The van der Waals surface area contributed by atoms with Crippen LogP contribution in [0.4, 0.5) is 13.6 Å². The fraction of sp³-hybridized carbons (Fsp3) is 0.909. The number of hydrogen-bond acceptors (Lipinski definition) is 5. The van der Waals surface area contributed by atoms with Gasteiger partial charge in [0.15, 0.2) is 0 Å². The molecule has 10 heteroatoms. The van der Waals surface area contributed by atoms with Crippen molar-refractivity contribution < 1.29 is 26.7 Å². The maximum absolute atomic E-state index is 12.6. The van der Waals surface area contributed by atoms with E-state index in [0.29, 0.717) is 4.31 Å². The SMILES string of the molecule is CC(C)(C)OC(=O)N1CCN(S(=O)(=O)C(F)F)C(CN)C1. The molecular weight excluding hydrogens is 308 g/mol. The summed E-state index contributed by atoms with van der Waals surface area (Å²) in [6.07, 6.45) is -0.616. The summed E-state index contributed by atoms with van der Waals surface area (Å²) in [6.45, 7) is 4.61. The molecule has 1 atom stereocenters. The first-order chi connectivity index (χ1) is 9.49. The van der Waals surface area contributed by atoms with Crippen molar-refractivity contribution in [3.05, 3.63) is 0 Å².